The molecular formula is C29H33N5O3. The van der Waals surface area contributed by atoms with Crippen LogP contribution in [0.1, 0.15) is 49.9 Å². The summed E-state index contributed by atoms with van der Waals surface area (Å²) >= 11 is 0. The number of anilines is 1. The van der Waals surface area contributed by atoms with Gasteiger partial charge in [0, 0.05) is 11.2 Å². The molecule has 3 aromatic carbocycles. The Labute approximate surface area is 216 Å². The smallest absolute Gasteiger partial charge is 0.249 e. The first-order valence-electron chi connectivity index (χ1n) is 12.4. The molecule has 0 fully saturated rings. The second-order valence-electron chi connectivity index (χ2n) is 9.94. The van der Waals surface area contributed by atoms with Gasteiger partial charge in [0.05, 0.1) is 5.52 Å². The zero-order valence-electron chi connectivity index (χ0n) is 21.9. The van der Waals surface area contributed by atoms with Crippen molar-refractivity contribution in [2.24, 2.45) is 0 Å². The van der Waals surface area contributed by atoms with E-state index in [1.54, 1.807) is 21.7 Å². The van der Waals surface area contributed by atoms with Gasteiger partial charge in [-0.25, -0.2) is 4.68 Å². The number of carbonyl (C=O) groups excluding carboxylic acids is 2. The van der Waals surface area contributed by atoms with E-state index < -0.39 is 11.6 Å². The summed E-state index contributed by atoms with van der Waals surface area (Å²) in [4.78, 5) is 29.6. The van der Waals surface area contributed by atoms with Gasteiger partial charge < -0.3 is 10.4 Å². The van der Waals surface area contributed by atoms with E-state index in [1.165, 1.54) is 12.1 Å². The lowest BCUT2D eigenvalue weighted by molar-refractivity contribution is -0.128. The molecule has 0 bridgehead atoms. The third-order valence-electron chi connectivity index (χ3n) is 6.87. The molecule has 1 unspecified atom stereocenters. The molecule has 8 nitrogen and oxygen atoms in total. The molecule has 0 spiro atoms. The zero-order chi connectivity index (χ0) is 26.7. The maximum Gasteiger partial charge on any atom is 0.249 e. The molecule has 2 amide bonds. The second kappa shape index (κ2) is 10.4. The summed E-state index contributed by atoms with van der Waals surface area (Å²) in [5.41, 5.74) is 4.05. The quantitative estimate of drug-likeness (QED) is 0.362. The lowest BCUT2D eigenvalue weighted by atomic mass is 9.97. The standard InChI is InChI=1S/C29H33N5O3/c1-6-29(4,5)30-28(37)27(21-14-16-22(35)17-15-21)34(24-13-9-10-19(2)20(24)3)26(36)18-33-25-12-8-7-11-23(25)31-32-33/h7-17,27,35H,6,18H2,1-5H3,(H,30,37). The van der Waals surface area contributed by atoms with Crippen molar-refractivity contribution in [3.63, 3.8) is 0 Å². The number of benzene rings is 3. The number of rotatable bonds is 8. The maximum atomic E-state index is 14.1. The van der Waals surface area contributed by atoms with Crippen LogP contribution in [0.25, 0.3) is 11.0 Å². The molecule has 0 saturated carbocycles. The van der Waals surface area contributed by atoms with Crippen LogP contribution in [-0.2, 0) is 16.1 Å². The first-order valence-corrected chi connectivity index (χ1v) is 12.4. The number of nitrogens with one attached hydrogen (secondary N) is 1. The number of phenols is 1. The van der Waals surface area contributed by atoms with Crippen LogP contribution in [0.2, 0.25) is 0 Å². The fourth-order valence-electron chi connectivity index (χ4n) is 4.22. The summed E-state index contributed by atoms with van der Waals surface area (Å²) in [6.45, 7) is 9.71. The maximum absolute atomic E-state index is 14.1. The van der Waals surface area contributed by atoms with Gasteiger partial charge in [-0.15, -0.1) is 5.10 Å². The van der Waals surface area contributed by atoms with Crippen LogP contribution in [0, 0.1) is 13.8 Å². The summed E-state index contributed by atoms with van der Waals surface area (Å²) < 4.78 is 1.55. The number of nitrogens with zero attached hydrogens (tertiary/aromatic N) is 4. The number of amides is 2. The molecule has 0 radical (unpaired) electrons. The van der Waals surface area contributed by atoms with E-state index in [9.17, 15) is 14.7 Å². The number of hydrogen-bond acceptors (Lipinski definition) is 5. The molecule has 4 aromatic rings. The number of aromatic hydroxyl groups is 1. The highest BCUT2D eigenvalue weighted by molar-refractivity contribution is 6.02. The number of hydrogen-bond donors (Lipinski definition) is 2. The molecule has 0 aliphatic carbocycles. The van der Waals surface area contributed by atoms with Gasteiger partial charge >= 0.3 is 0 Å². The van der Waals surface area contributed by atoms with Gasteiger partial charge in [0.2, 0.25) is 11.8 Å². The summed E-state index contributed by atoms with van der Waals surface area (Å²) in [6.07, 6.45) is 0.712. The number of phenolic OH excluding ortho intramolecular Hbond substituents is 1. The molecule has 192 valence electrons. The first-order chi connectivity index (χ1) is 17.6. The number of para-hydroxylation sites is 1. The van der Waals surface area contributed by atoms with Gasteiger partial charge in [-0.2, -0.15) is 0 Å². The molecule has 8 heteroatoms. The molecule has 37 heavy (non-hydrogen) atoms. The molecule has 2 N–H and O–H groups in total. The Morgan fingerprint density at radius 1 is 1.03 bits per heavy atom. The summed E-state index contributed by atoms with van der Waals surface area (Å²) in [6, 6.07) is 18.6. The highest BCUT2D eigenvalue weighted by atomic mass is 16.3. The lowest BCUT2D eigenvalue weighted by Gasteiger charge is -2.35. The summed E-state index contributed by atoms with van der Waals surface area (Å²) in [7, 11) is 0. The largest absolute Gasteiger partial charge is 0.508 e. The van der Waals surface area contributed by atoms with E-state index in [0.717, 1.165) is 16.6 Å². The first kappa shape index (κ1) is 25.9. The van der Waals surface area contributed by atoms with Crippen molar-refractivity contribution in [1.82, 2.24) is 20.3 Å². The number of aromatic nitrogens is 3. The predicted molar refractivity (Wildman–Crippen MR) is 144 cm³/mol. The molecule has 1 aromatic heterocycles. The average molecular weight is 500 g/mol. The van der Waals surface area contributed by atoms with Crippen LogP contribution in [0.5, 0.6) is 5.75 Å². The van der Waals surface area contributed by atoms with Crippen molar-refractivity contribution >= 4 is 28.5 Å². The summed E-state index contributed by atoms with van der Waals surface area (Å²) in [5.74, 6) is -0.544. The SMILES string of the molecule is CCC(C)(C)NC(=O)C(c1ccc(O)cc1)N(C(=O)Cn1nnc2ccccc21)c1cccc(C)c1C. The van der Waals surface area contributed by atoms with Gasteiger partial charge in [0.15, 0.2) is 0 Å². The Kier molecular flexibility index (Phi) is 7.29. The lowest BCUT2D eigenvalue weighted by Crippen LogP contribution is -2.51. The van der Waals surface area contributed by atoms with E-state index in [4.69, 9.17) is 0 Å². The third-order valence-corrected chi connectivity index (χ3v) is 6.87. The molecule has 4 rings (SSSR count). The second-order valence-corrected chi connectivity index (χ2v) is 9.94. The van der Waals surface area contributed by atoms with E-state index in [-0.39, 0.29) is 24.1 Å². The fraction of sp³-hybridized carbons (Fsp3) is 0.310. The highest BCUT2D eigenvalue weighted by Gasteiger charge is 2.36. The minimum atomic E-state index is -0.978. The Morgan fingerprint density at radius 3 is 2.43 bits per heavy atom. The van der Waals surface area contributed by atoms with E-state index >= 15 is 0 Å². The van der Waals surface area contributed by atoms with Crippen molar-refractivity contribution in [3.05, 3.63) is 83.4 Å². The summed E-state index contributed by atoms with van der Waals surface area (Å²) in [5, 5.41) is 21.4. The third kappa shape index (κ3) is 5.48. The molecular weight excluding hydrogens is 466 g/mol. The monoisotopic (exact) mass is 499 g/mol. The predicted octanol–water partition coefficient (Wildman–Crippen LogP) is 4.83. The van der Waals surface area contributed by atoms with Crippen LogP contribution < -0.4 is 10.2 Å². The molecule has 0 aliphatic heterocycles. The molecule has 0 aliphatic rings. The van der Waals surface area contributed by atoms with Gasteiger partial charge in [0.1, 0.15) is 23.9 Å². The van der Waals surface area contributed by atoms with E-state index in [2.05, 4.69) is 15.6 Å². The zero-order valence-corrected chi connectivity index (χ0v) is 21.9. The van der Waals surface area contributed by atoms with Gasteiger partial charge in [0.25, 0.3) is 0 Å². The topological polar surface area (TPSA) is 100 Å². The van der Waals surface area contributed by atoms with Crippen molar-refractivity contribution in [2.75, 3.05) is 4.90 Å². The van der Waals surface area contributed by atoms with Crippen molar-refractivity contribution < 1.29 is 14.7 Å². The van der Waals surface area contributed by atoms with Crippen molar-refractivity contribution in [1.29, 1.82) is 0 Å². The van der Waals surface area contributed by atoms with Crippen molar-refractivity contribution in [3.8, 4) is 5.75 Å². The van der Waals surface area contributed by atoms with Crippen LogP contribution in [0.4, 0.5) is 5.69 Å². The molecule has 0 saturated heterocycles. The minimum absolute atomic E-state index is 0.0792. The molecule has 1 heterocycles. The Morgan fingerprint density at radius 2 is 1.73 bits per heavy atom. The van der Waals surface area contributed by atoms with Crippen LogP contribution in [-0.4, -0.2) is 37.5 Å². The van der Waals surface area contributed by atoms with Gasteiger partial charge in [-0.1, -0.05) is 48.5 Å². The van der Waals surface area contributed by atoms with E-state index in [0.29, 0.717) is 23.2 Å². The van der Waals surface area contributed by atoms with Crippen LogP contribution >= 0.6 is 0 Å². The number of fused-ring (bicyclic) bond motifs is 1. The van der Waals surface area contributed by atoms with Crippen LogP contribution in [0.15, 0.2) is 66.7 Å². The van der Waals surface area contributed by atoms with E-state index in [1.807, 2.05) is 77.1 Å². The fourth-order valence-corrected chi connectivity index (χ4v) is 4.22. The Balaban J connectivity index is 1.86. The highest BCUT2D eigenvalue weighted by Crippen LogP contribution is 2.33. The molecule has 1 atom stereocenters. The average Bonchev–Trinajstić information content (AvgIpc) is 3.27. The van der Waals surface area contributed by atoms with Gasteiger partial charge in [-0.05, 0) is 81.1 Å². The normalized spacial score (nSPS) is 12.4. The Hall–Kier alpha value is -4.20. The number of aryl methyl sites for hydroxylation is 1. The van der Waals surface area contributed by atoms with Crippen molar-refractivity contribution in [2.45, 2.75) is 59.2 Å². The Bertz CT molecular complexity index is 1430. The minimum Gasteiger partial charge on any atom is -0.508 e. The van der Waals surface area contributed by atoms with Gasteiger partial charge in [-0.3, -0.25) is 14.5 Å². The number of carbonyl (C=O) groups is 2. The van der Waals surface area contributed by atoms with Crippen LogP contribution in [0.3, 0.4) is 0 Å².